The van der Waals surface area contributed by atoms with Gasteiger partial charge in [-0.2, -0.15) is 17.6 Å². The number of aryl methyl sites for hydroxylation is 1. The number of carbonyl (C=O) groups is 1. The van der Waals surface area contributed by atoms with Crippen molar-refractivity contribution in [3.05, 3.63) is 83.0 Å². The quantitative estimate of drug-likeness (QED) is 0.183. The molecule has 4 aromatic rings. The predicted molar refractivity (Wildman–Crippen MR) is 144 cm³/mol. The lowest BCUT2D eigenvalue weighted by Crippen LogP contribution is -2.42. The van der Waals surface area contributed by atoms with Crippen molar-refractivity contribution < 1.29 is 27.1 Å². The number of benzene rings is 2. The zero-order valence-corrected chi connectivity index (χ0v) is 22.8. The molecule has 0 saturated heterocycles. The number of nitrogens with one attached hydrogen (secondary N) is 1. The standard InChI is InChI=1S/C29H29F4N3O2S/c1-17(18-7-9-22(10-8-18)29(31,32)33)23(36-27(37)38-28(2,3)4)11-12-26-35-16-24(39-26)19-5-6-20-15-34-25(30)14-21(20)13-19/h5-10,13-17,23H,11-12H2,1-4H3,(H,36,37). The minimum Gasteiger partial charge on any atom is -0.444 e. The van der Waals surface area contributed by atoms with Crippen LogP contribution in [-0.4, -0.2) is 27.7 Å². The van der Waals surface area contributed by atoms with Crippen molar-refractivity contribution in [2.24, 2.45) is 0 Å². The number of amides is 1. The van der Waals surface area contributed by atoms with Crippen molar-refractivity contribution in [2.45, 2.75) is 64.3 Å². The summed E-state index contributed by atoms with van der Waals surface area (Å²) in [5.41, 5.74) is 0.146. The molecule has 2 heterocycles. The topological polar surface area (TPSA) is 64.1 Å². The number of alkyl carbamates (subject to hydrolysis) is 1. The number of hydrogen-bond acceptors (Lipinski definition) is 5. The molecule has 0 bridgehead atoms. The summed E-state index contributed by atoms with van der Waals surface area (Å²) in [6.45, 7) is 7.14. The first-order chi connectivity index (χ1) is 18.3. The molecule has 0 saturated carbocycles. The first kappa shape index (κ1) is 28.5. The molecule has 2 unspecified atom stereocenters. The maximum atomic E-state index is 13.6. The molecule has 0 fully saturated rings. The highest BCUT2D eigenvalue weighted by Crippen LogP contribution is 2.33. The van der Waals surface area contributed by atoms with Crippen LogP contribution in [0.5, 0.6) is 0 Å². The van der Waals surface area contributed by atoms with E-state index in [1.54, 1.807) is 27.0 Å². The molecule has 10 heteroatoms. The van der Waals surface area contributed by atoms with Crippen LogP contribution in [0.4, 0.5) is 22.4 Å². The van der Waals surface area contributed by atoms with Crippen LogP contribution < -0.4 is 5.32 Å². The highest BCUT2D eigenvalue weighted by molar-refractivity contribution is 7.15. The molecule has 1 amide bonds. The van der Waals surface area contributed by atoms with Gasteiger partial charge in [0.15, 0.2) is 0 Å². The molecule has 4 rings (SSSR count). The van der Waals surface area contributed by atoms with Gasteiger partial charge in [-0.15, -0.1) is 11.3 Å². The molecule has 0 spiro atoms. The molecule has 2 atom stereocenters. The Kier molecular flexibility index (Phi) is 8.25. The van der Waals surface area contributed by atoms with Gasteiger partial charge < -0.3 is 10.1 Å². The van der Waals surface area contributed by atoms with E-state index in [9.17, 15) is 22.4 Å². The van der Waals surface area contributed by atoms with Crippen LogP contribution in [0.25, 0.3) is 21.2 Å². The lowest BCUT2D eigenvalue weighted by Gasteiger charge is -2.28. The van der Waals surface area contributed by atoms with Crippen molar-refractivity contribution in [1.29, 1.82) is 0 Å². The summed E-state index contributed by atoms with van der Waals surface area (Å²) in [5, 5.41) is 5.31. The van der Waals surface area contributed by atoms with Crippen molar-refractivity contribution in [3.8, 4) is 10.4 Å². The maximum absolute atomic E-state index is 13.6. The largest absolute Gasteiger partial charge is 0.444 e. The van der Waals surface area contributed by atoms with Crippen LogP contribution in [0.2, 0.25) is 0 Å². The Morgan fingerprint density at radius 1 is 1.00 bits per heavy atom. The van der Waals surface area contributed by atoms with Crippen LogP contribution in [0, 0.1) is 5.95 Å². The summed E-state index contributed by atoms with van der Waals surface area (Å²) < 4.78 is 58.1. The van der Waals surface area contributed by atoms with Gasteiger partial charge in [0.2, 0.25) is 5.95 Å². The fourth-order valence-corrected chi connectivity index (χ4v) is 5.15. The van der Waals surface area contributed by atoms with Crippen molar-refractivity contribution in [1.82, 2.24) is 15.3 Å². The predicted octanol–water partition coefficient (Wildman–Crippen LogP) is 8.15. The maximum Gasteiger partial charge on any atom is 0.416 e. The number of halogens is 4. The Morgan fingerprint density at radius 2 is 1.72 bits per heavy atom. The number of thiazole rings is 1. The monoisotopic (exact) mass is 559 g/mol. The number of rotatable bonds is 7. The van der Waals surface area contributed by atoms with Gasteiger partial charge in [-0.1, -0.05) is 31.2 Å². The highest BCUT2D eigenvalue weighted by atomic mass is 32.1. The lowest BCUT2D eigenvalue weighted by atomic mass is 9.90. The molecule has 39 heavy (non-hydrogen) atoms. The molecule has 1 N–H and O–H groups in total. The number of fused-ring (bicyclic) bond motifs is 1. The van der Waals surface area contributed by atoms with E-state index >= 15 is 0 Å². The smallest absolute Gasteiger partial charge is 0.416 e. The first-order valence-corrected chi connectivity index (χ1v) is 13.3. The summed E-state index contributed by atoms with van der Waals surface area (Å²) in [4.78, 5) is 21.7. The van der Waals surface area contributed by atoms with Crippen LogP contribution in [0.3, 0.4) is 0 Å². The van der Waals surface area contributed by atoms with Crippen LogP contribution >= 0.6 is 11.3 Å². The molecule has 0 aliphatic rings. The minimum atomic E-state index is -4.42. The average Bonchev–Trinajstić information content (AvgIpc) is 3.33. The van der Waals surface area contributed by atoms with Crippen molar-refractivity contribution in [3.63, 3.8) is 0 Å². The third-order valence-corrected chi connectivity index (χ3v) is 7.37. The van der Waals surface area contributed by atoms with Gasteiger partial charge in [0.1, 0.15) is 5.60 Å². The Hall–Kier alpha value is -3.53. The van der Waals surface area contributed by atoms with E-state index in [0.29, 0.717) is 18.4 Å². The fourth-order valence-electron chi connectivity index (χ4n) is 4.22. The summed E-state index contributed by atoms with van der Waals surface area (Å²) in [6.07, 6.45) is -0.750. The molecule has 0 radical (unpaired) electrons. The summed E-state index contributed by atoms with van der Waals surface area (Å²) in [6, 6.07) is 11.6. The van der Waals surface area contributed by atoms with E-state index in [4.69, 9.17) is 4.74 Å². The fraction of sp³-hybridized carbons (Fsp3) is 0.345. The van der Waals surface area contributed by atoms with Crippen LogP contribution in [0.15, 0.2) is 60.9 Å². The van der Waals surface area contributed by atoms with Gasteiger partial charge in [0.25, 0.3) is 0 Å². The molecule has 0 aliphatic heterocycles. The number of aromatic nitrogens is 2. The molecule has 5 nitrogen and oxygen atoms in total. The van der Waals surface area contributed by atoms with E-state index in [2.05, 4.69) is 15.3 Å². The van der Waals surface area contributed by atoms with E-state index < -0.39 is 35.4 Å². The summed E-state index contributed by atoms with van der Waals surface area (Å²) in [7, 11) is 0. The third kappa shape index (κ3) is 7.53. The van der Waals surface area contributed by atoms with Crippen molar-refractivity contribution in [2.75, 3.05) is 0 Å². The Labute approximate surface area is 228 Å². The lowest BCUT2D eigenvalue weighted by molar-refractivity contribution is -0.137. The molecule has 2 aromatic carbocycles. The second-order valence-corrected chi connectivity index (χ2v) is 11.5. The molecule has 206 valence electrons. The molecule has 0 aliphatic carbocycles. The van der Waals surface area contributed by atoms with Gasteiger partial charge in [-0.25, -0.2) is 14.8 Å². The average molecular weight is 560 g/mol. The Balaban J connectivity index is 1.51. The van der Waals surface area contributed by atoms with Crippen LogP contribution in [0.1, 0.15) is 56.2 Å². The molecular formula is C29H29F4N3O2S. The third-order valence-electron chi connectivity index (χ3n) is 6.27. The molecule has 2 aromatic heterocycles. The first-order valence-electron chi connectivity index (χ1n) is 12.5. The highest BCUT2D eigenvalue weighted by Gasteiger charge is 2.31. The van der Waals surface area contributed by atoms with E-state index in [1.165, 1.54) is 35.7 Å². The van der Waals surface area contributed by atoms with E-state index in [0.717, 1.165) is 38.4 Å². The number of pyridine rings is 1. The molecular weight excluding hydrogens is 530 g/mol. The van der Waals surface area contributed by atoms with Gasteiger partial charge in [0.05, 0.1) is 15.4 Å². The number of nitrogens with zero attached hydrogens (tertiary/aromatic N) is 2. The number of alkyl halides is 3. The van der Waals surface area contributed by atoms with Gasteiger partial charge >= 0.3 is 12.3 Å². The van der Waals surface area contributed by atoms with Gasteiger partial charge in [-0.05, 0) is 61.9 Å². The number of hydrogen-bond donors (Lipinski definition) is 1. The normalized spacial score (nSPS) is 13.7. The van der Waals surface area contributed by atoms with E-state index in [-0.39, 0.29) is 5.92 Å². The SMILES string of the molecule is CC(c1ccc(C(F)(F)F)cc1)C(CCc1ncc(-c2ccc3cnc(F)cc3c2)s1)NC(=O)OC(C)(C)C. The van der Waals surface area contributed by atoms with Gasteiger partial charge in [0, 0.05) is 42.2 Å². The zero-order valence-electron chi connectivity index (χ0n) is 22.0. The van der Waals surface area contributed by atoms with E-state index in [1.807, 2.05) is 25.1 Å². The number of carbonyl (C=O) groups excluding carboxylic acids is 1. The summed E-state index contributed by atoms with van der Waals surface area (Å²) in [5.74, 6) is -0.835. The number of ether oxygens (including phenoxy) is 1. The second kappa shape index (κ2) is 11.3. The van der Waals surface area contributed by atoms with Crippen molar-refractivity contribution >= 4 is 28.2 Å². The Morgan fingerprint density at radius 3 is 2.38 bits per heavy atom. The minimum absolute atomic E-state index is 0.289. The zero-order chi connectivity index (χ0) is 28.4. The van der Waals surface area contributed by atoms with Gasteiger partial charge in [-0.3, -0.25) is 0 Å². The Bertz CT molecular complexity index is 1450. The van der Waals surface area contributed by atoms with Crippen LogP contribution in [-0.2, 0) is 17.3 Å². The second-order valence-electron chi connectivity index (χ2n) is 10.4. The summed E-state index contributed by atoms with van der Waals surface area (Å²) >= 11 is 1.49.